The molecule has 0 aliphatic rings. The highest BCUT2D eigenvalue weighted by molar-refractivity contribution is 5.97. The zero-order chi connectivity index (χ0) is 11.4. The second-order valence-electron chi connectivity index (χ2n) is 3.18. The van der Waals surface area contributed by atoms with E-state index in [9.17, 15) is 9.90 Å². The molecule has 1 aromatic carbocycles. The van der Waals surface area contributed by atoms with Gasteiger partial charge in [-0.25, -0.2) is 0 Å². The SMILES string of the molecule is COCc1cc(O)c(OC)c(C(C)=O)c1. The summed E-state index contributed by atoms with van der Waals surface area (Å²) in [7, 11) is 2.96. The number of hydrogen-bond acceptors (Lipinski definition) is 4. The predicted octanol–water partition coefficient (Wildman–Crippen LogP) is 1.75. The molecule has 0 unspecified atom stereocenters. The van der Waals surface area contributed by atoms with E-state index in [1.807, 2.05) is 0 Å². The lowest BCUT2D eigenvalue weighted by molar-refractivity contribution is 0.101. The third-order valence-electron chi connectivity index (χ3n) is 2.02. The van der Waals surface area contributed by atoms with Crippen LogP contribution >= 0.6 is 0 Å². The molecule has 0 aliphatic carbocycles. The number of ketones is 1. The van der Waals surface area contributed by atoms with E-state index in [-0.39, 0.29) is 17.3 Å². The van der Waals surface area contributed by atoms with Crippen molar-refractivity contribution in [2.45, 2.75) is 13.5 Å². The van der Waals surface area contributed by atoms with Crippen LogP contribution in [0.3, 0.4) is 0 Å². The van der Waals surface area contributed by atoms with Crippen molar-refractivity contribution in [1.29, 1.82) is 0 Å². The molecule has 0 aliphatic heterocycles. The number of Topliss-reactive ketones (excluding diaryl/α,β-unsaturated/α-hetero) is 1. The third-order valence-corrected chi connectivity index (χ3v) is 2.02. The number of aromatic hydroxyl groups is 1. The fraction of sp³-hybridized carbons (Fsp3) is 0.364. The number of phenols is 1. The number of ether oxygens (including phenoxy) is 2. The molecule has 4 heteroatoms. The molecule has 0 atom stereocenters. The summed E-state index contributed by atoms with van der Waals surface area (Å²) in [5.74, 6) is 0.0136. The molecule has 15 heavy (non-hydrogen) atoms. The second kappa shape index (κ2) is 4.79. The zero-order valence-electron chi connectivity index (χ0n) is 9.03. The lowest BCUT2D eigenvalue weighted by Crippen LogP contribution is -2.00. The molecule has 0 radical (unpaired) electrons. The number of methoxy groups -OCH3 is 2. The number of carbonyl (C=O) groups excluding carboxylic acids is 1. The van der Waals surface area contributed by atoms with Gasteiger partial charge in [0, 0.05) is 7.11 Å². The Labute approximate surface area is 88.4 Å². The number of hydrogen-bond donors (Lipinski definition) is 1. The fourth-order valence-corrected chi connectivity index (χ4v) is 1.40. The van der Waals surface area contributed by atoms with Gasteiger partial charge in [-0.15, -0.1) is 0 Å². The smallest absolute Gasteiger partial charge is 0.171 e. The second-order valence-corrected chi connectivity index (χ2v) is 3.18. The van der Waals surface area contributed by atoms with E-state index in [0.717, 1.165) is 5.56 Å². The third kappa shape index (κ3) is 2.47. The molecule has 0 amide bonds. The van der Waals surface area contributed by atoms with Crippen molar-refractivity contribution in [3.8, 4) is 11.5 Å². The Bertz CT molecular complexity index is 371. The summed E-state index contributed by atoms with van der Waals surface area (Å²) in [6.45, 7) is 1.77. The Morgan fingerprint density at radius 2 is 2.07 bits per heavy atom. The van der Waals surface area contributed by atoms with Gasteiger partial charge in [0.05, 0.1) is 19.3 Å². The Hall–Kier alpha value is -1.55. The maximum Gasteiger partial charge on any atom is 0.171 e. The first-order valence-electron chi connectivity index (χ1n) is 4.50. The topological polar surface area (TPSA) is 55.8 Å². The zero-order valence-corrected chi connectivity index (χ0v) is 9.03. The van der Waals surface area contributed by atoms with E-state index in [1.54, 1.807) is 13.2 Å². The van der Waals surface area contributed by atoms with Crippen molar-refractivity contribution in [2.75, 3.05) is 14.2 Å². The van der Waals surface area contributed by atoms with Crippen LogP contribution in [0.25, 0.3) is 0 Å². The van der Waals surface area contributed by atoms with Gasteiger partial charge < -0.3 is 14.6 Å². The van der Waals surface area contributed by atoms with Gasteiger partial charge in [0.15, 0.2) is 17.3 Å². The van der Waals surface area contributed by atoms with Gasteiger partial charge >= 0.3 is 0 Å². The van der Waals surface area contributed by atoms with Gasteiger partial charge in [-0.1, -0.05) is 0 Å². The van der Waals surface area contributed by atoms with Crippen LogP contribution in [-0.2, 0) is 11.3 Å². The van der Waals surface area contributed by atoms with Crippen LogP contribution in [0.1, 0.15) is 22.8 Å². The first kappa shape index (κ1) is 11.5. The Balaban J connectivity index is 3.25. The summed E-state index contributed by atoms with van der Waals surface area (Å²) >= 11 is 0. The normalized spacial score (nSPS) is 10.1. The van der Waals surface area contributed by atoms with Gasteiger partial charge in [0.2, 0.25) is 0 Å². The molecule has 4 nitrogen and oxygen atoms in total. The highest BCUT2D eigenvalue weighted by Crippen LogP contribution is 2.32. The summed E-state index contributed by atoms with van der Waals surface area (Å²) in [6, 6.07) is 3.18. The average molecular weight is 210 g/mol. The maximum atomic E-state index is 11.3. The van der Waals surface area contributed by atoms with Crippen molar-refractivity contribution in [2.24, 2.45) is 0 Å². The first-order chi connectivity index (χ1) is 7.10. The lowest BCUT2D eigenvalue weighted by Gasteiger charge is -2.10. The van der Waals surface area contributed by atoms with Crippen molar-refractivity contribution in [1.82, 2.24) is 0 Å². The molecular formula is C11H14O4. The molecule has 0 saturated heterocycles. The van der Waals surface area contributed by atoms with E-state index in [4.69, 9.17) is 9.47 Å². The number of phenolic OH excluding ortho intramolecular Hbond substituents is 1. The minimum atomic E-state index is -0.153. The summed E-state index contributed by atoms with van der Waals surface area (Å²) in [6.07, 6.45) is 0. The Morgan fingerprint density at radius 1 is 1.40 bits per heavy atom. The van der Waals surface area contributed by atoms with Gasteiger partial charge in [-0.3, -0.25) is 4.79 Å². The van der Waals surface area contributed by atoms with E-state index >= 15 is 0 Å². The molecule has 1 rings (SSSR count). The largest absolute Gasteiger partial charge is 0.504 e. The number of benzene rings is 1. The molecule has 0 heterocycles. The first-order valence-corrected chi connectivity index (χ1v) is 4.50. The van der Waals surface area contributed by atoms with Gasteiger partial charge in [0.1, 0.15) is 0 Å². The highest BCUT2D eigenvalue weighted by Gasteiger charge is 2.14. The fourth-order valence-electron chi connectivity index (χ4n) is 1.40. The van der Waals surface area contributed by atoms with E-state index in [0.29, 0.717) is 12.2 Å². The predicted molar refractivity (Wildman–Crippen MR) is 55.4 cm³/mol. The summed E-state index contributed by atoms with van der Waals surface area (Å²) in [5, 5.41) is 9.61. The maximum absolute atomic E-state index is 11.3. The van der Waals surface area contributed by atoms with Crippen molar-refractivity contribution >= 4 is 5.78 Å². The van der Waals surface area contributed by atoms with Crippen LogP contribution in [0, 0.1) is 0 Å². The molecule has 1 N–H and O–H groups in total. The molecule has 0 fully saturated rings. The molecule has 0 spiro atoms. The quantitative estimate of drug-likeness (QED) is 0.769. The molecule has 82 valence electrons. The van der Waals surface area contributed by atoms with Crippen LogP contribution in [0.2, 0.25) is 0 Å². The van der Waals surface area contributed by atoms with Gasteiger partial charge in [-0.05, 0) is 24.6 Å². The van der Waals surface area contributed by atoms with Crippen molar-refractivity contribution < 1.29 is 19.4 Å². The minimum Gasteiger partial charge on any atom is -0.504 e. The minimum absolute atomic E-state index is 0.0442. The monoisotopic (exact) mass is 210 g/mol. The molecule has 0 saturated carbocycles. The van der Waals surface area contributed by atoms with Gasteiger partial charge in [-0.2, -0.15) is 0 Å². The standard InChI is InChI=1S/C11H14O4/c1-7(12)9-4-8(6-14-2)5-10(13)11(9)15-3/h4-5,13H,6H2,1-3H3. The van der Waals surface area contributed by atoms with Crippen molar-refractivity contribution in [3.05, 3.63) is 23.3 Å². The summed E-state index contributed by atoms with van der Waals surface area (Å²) in [5.41, 5.74) is 1.10. The molecule has 0 bridgehead atoms. The van der Waals surface area contributed by atoms with Crippen LogP contribution in [0.4, 0.5) is 0 Å². The van der Waals surface area contributed by atoms with Crippen molar-refractivity contribution in [3.63, 3.8) is 0 Å². The molecular weight excluding hydrogens is 196 g/mol. The number of rotatable bonds is 4. The summed E-state index contributed by atoms with van der Waals surface area (Å²) < 4.78 is 9.89. The van der Waals surface area contributed by atoms with E-state index in [1.165, 1.54) is 20.1 Å². The Kier molecular flexibility index (Phi) is 3.68. The van der Waals surface area contributed by atoms with Gasteiger partial charge in [0.25, 0.3) is 0 Å². The van der Waals surface area contributed by atoms with Crippen LogP contribution in [-0.4, -0.2) is 25.1 Å². The molecule has 1 aromatic rings. The summed E-state index contributed by atoms with van der Waals surface area (Å²) in [4.78, 5) is 11.3. The number of carbonyl (C=O) groups is 1. The highest BCUT2D eigenvalue weighted by atomic mass is 16.5. The lowest BCUT2D eigenvalue weighted by atomic mass is 10.1. The Morgan fingerprint density at radius 3 is 2.53 bits per heavy atom. The molecule has 0 aromatic heterocycles. The average Bonchev–Trinajstić information content (AvgIpc) is 2.17. The van der Waals surface area contributed by atoms with Crippen LogP contribution < -0.4 is 4.74 Å². The van der Waals surface area contributed by atoms with Crippen LogP contribution in [0.15, 0.2) is 12.1 Å². The van der Waals surface area contributed by atoms with Crippen LogP contribution in [0.5, 0.6) is 11.5 Å². The van der Waals surface area contributed by atoms with E-state index < -0.39 is 0 Å². The van der Waals surface area contributed by atoms with E-state index in [2.05, 4.69) is 0 Å².